The van der Waals surface area contributed by atoms with Gasteiger partial charge in [0, 0.05) is 25.1 Å². The van der Waals surface area contributed by atoms with Gasteiger partial charge < -0.3 is 19.1 Å². The van der Waals surface area contributed by atoms with Gasteiger partial charge in [0.25, 0.3) is 0 Å². The summed E-state index contributed by atoms with van der Waals surface area (Å²) in [5, 5.41) is 9.44. The van der Waals surface area contributed by atoms with Crippen LogP contribution in [0.15, 0.2) is 24.7 Å². The lowest BCUT2D eigenvalue weighted by molar-refractivity contribution is 0.0224. The molecular weight excluding hydrogens is 310 g/mol. The fourth-order valence-corrected chi connectivity index (χ4v) is 3.05. The highest BCUT2D eigenvalue weighted by molar-refractivity contribution is 5.94. The van der Waals surface area contributed by atoms with E-state index >= 15 is 0 Å². The van der Waals surface area contributed by atoms with E-state index in [-0.39, 0.29) is 17.7 Å². The molecule has 7 heteroatoms. The first-order valence-corrected chi connectivity index (χ1v) is 7.96. The van der Waals surface area contributed by atoms with Crippen molar-refractivity contribution < 1.29 is 19.4 Å². The quantitative estimate of drug-likeness (QED) is 0.914. The molecule has 1 aliphatic rings. The van der Waals surface area contributed by atoms with Crippen LogP contribution in [0.5, 0.6) is 0 Å². The van der Waals surface area contributed by atoms with Gasteiger partial charge in [-0.25, -0.2) is 14.6 Å². The Morgan fingerprint density at radius 1 is 1.38 bits per heavy atom. The molecule has 0 radical (unpaired) electrons. The summed E-state index contributed by atoms with van der Waals surface area (Å²) in [5.74, 6) is -1.03. The number of rotatable bonds is 2. The molecule has 3 rings (SSSR count). The second-order valence-corrected chi connectivity index (χ2v) is 6.98. The third-order valence-electron chi connectivity index (χ3n) is 4.00. The predicted octanol–water partition coefficient (Wildman–Crippen LogP) is 3.10. The van der Waals surface area contributed by atoms with Gasteiger partial charge in [0.1, 0.15) is 11.2 Å². The number of pyridine rings is 1. The molecule has 2 aromatic heterocycles. The molecule has 7 nitrogen and oxygen atoms in total. The summed E-state index contributed by atoms with van der Waals surface area (Å²) < 4.78 is 7.16. The molecule has 1 atom stereocenters. The van der Waals surface area contributed by atoms with E-state index in [1.54, 1.807) is 27.8 Å². The number of imidazole rings is 1. The maximum absolute atomic E-state index is 12.4. The average Bonchev–Trinajstić information content (AvgIpc) is 3.12. The summed E-state index contributed by atoms with van der Waals surface area (Å²) >= 11 is 0. The Morgan fingerprint density at radius 2 is 2.12 bits per heavy atom. The van der Waals surface area contributed by atoms with Crippen molar-refractivity contribution in [1.29, 1.82) is 0 Å². The number of nitrogens with zero attached hydrogens (tertiary/aromatic N) is 3. The first-order chi connectivity index (χ1) is 11.3. The molecule has 1 saturated heterocycles. The predicted molar refractivity (Wildman–Crippen MR) is 87.1 cm³/mol. The van der Waals surface area contributed by atoms with Gasteiger partial charge in [0.15, 0.2) is 5.65 Å². The minimum Gasteiger partial charge on any atom is -0.478 e. The molecule has 3 heterocycles. The normalized spacial score (nSPS) is 18.1. The van der Waals surface area contributed by atoms with Gasteiger partial charge >= 0.3 is 12.1 Å². The number of ether oxygens (including phenoxy) is 1. The summed E-state index contributed by atoms with van der Waals surface area (Å²) in [4.78, 5) is 29.7. The van der Waals surface area contributed by atoms with Crippen LogP contribution in [0.1, 0.15) is 55.6 Å². The zero-order chi connectivity index (χ0) is 17.5. The molecule has 0 aliphatic carbocycles. The van der Waals surface area contributed by atoms with E-state index in [1.807, 2.05) is 27.0 Å². The van der Waals surface area contributed by atoms with Crippen molar-refractivity contribution in [3.8, 4) is 0 Å². The Bertz CT molecular complexity index is 791. The fourth-order valence-electron chi connectivity index (χ4n) is 3.05. The number of fused-ring (bicyclic) bond motifs is 1. The zero-order valence-corrected chi connectivity index (χ0v) is 14.0. The summed E-state index contributed by atoms with van der Waals surface area (Å²) in [6.45, 7) is 6.09. The van der Waals surface area contributed by atoms with Gasteiger partial charge in [0.2, 0.25) is 0 Å². The Morgan fingerprint density at radius 3 is 2.79 bits per heavy atom. The zero-order valence-electron chi connectivity index (χ0n) is 14.0. The van der Waals surface area contributed by atoms with Gasteiger partial charge in [-0.05, 0) is 45.2 Å². The number of carbonyl (C=O) groups is 2. The number of aromatic nitrogens is 2. The standard InChI is InChI=1S/C17H21N3O4/c1-17(2,3)24-16(23)20-7-4-5-13(20)11-9-12(15(21)22)14-18-6-8-19(14)10-11/h6,8-10,13H,4-5,7H2,1-3H3,(H,21,22). The van der Waals surface area contributed by atoms with Crippen molar-refractivity contribution in [1.82, 2.24) is 14.3 Å². The molecular formula is C17H21N3O4. The van der Waals surface area contributed by atoms with Crippen LogP contribution in [0.25, 0.3) is 5.65 Å². The molecule has 0 bridgehead atoms. The van der Waals surface area contributed by atoms with E-state index in [1.165, 1.54) is 0 Å². The Kier molecular flexibility index (Phi) is 3.95. The van der Waals surface area contributed by atoms with Crippen molar-refractivity contribution >= 4 is 17.7 Å². The van der Waals surface area contributed by atoms with E-state index in [0.717, 1.165) is 18.4 Å². The van der Waals surface area contributed by atoms with E-state index < -0.39 is 11.6 Å². The van der Waals surface area contributed by atoms with Gasteiger partial charge in [0.05, 0.1) is 6.04 Å². The molecule has 24 heavy (non-hydrogen) atoms. The minimum absolute atomic E-state index is 0.133. The van der Waals surface area contributed by atoms with Crippen LogP contribution >= 0.6 is 0 Å². The molecule has 0 spiro atoms. The third-order valence-corrected chi connectivity index (χ3v) is 4.00. The van der Waals surface area contributed by atoms with Crippen molar-refractivity contribution in [2.24, 2.45) is 0 Å². The number of aromatic carboxylic acids is 1. The maximum atomic E-state index is 12.4. The van der Waals surface area contributed by atoms with Crippen molar-refractivity contribution in [2.45, 2.75) is 45.3 Å². The number of hydrogen-bond acceptors (Lipinski definition) is 4. The van der Waals surface area contributed by atoms with Crippen LogP contribution in [0.4, 0.5) is 4.79 Å². The number of carboxylic acid groups (broad SMARTS) is 1. The summed E-state index contributed by atoms with van der Waals surface area (Å²) in [6, 6.07) is 1.42. The lowest BCUT2D eigenvalue weighted by Gasteiger charge is -2.29. The van der Waals surface area contributed by atoms with Gasteiger partial charge in [-0.2, -0.15) is 0 Å². The van der Waals surface area contributed by atoms with Gasteiger partial charge in [-0.15, -0.1) is 0 Å². The first kappa shape index (κ1) is 16.3. The molecule has 1 amide bonds. The van der Waals surface area contributed by atoms with Crippen LogP contribution in [-0.4, -0.2) is 43.6 Å². The van der Waals surface area contributed by atoms with Crippen LogP contribution < -0.4 is 0 Å². The van der Waals surface area contributed by atoms with E-state index in [9.17, 15) is 14.7 Å². The topological polar surface area (TPSA) is 84.1 Å². The van der Waals surface area contributed by atoms with Crippen LogP contribution in [-0.2, 0) is 4.74 Å². The van der Waals surface area contributed by atoms with Crippen LogP contribution in [0.3, 0.4) is 0 Å². The number of carbonyl (C=O) groups excluding carboxylic acids is 1. The van der Waals surface area contributed by atoms with E-state index in [4.69, 9.17) is 4.74 Å². The Labute approximate surface area is 139 Å². The molecule has 1 unspecified atom stereocenters. The third kappa shape index (κ3) is 3.06. The summed E-state index contributed by atoms with van der Waals surface area (Å²) in [6.07, 6.45) is 6.37. The molecule has 0 saturated carbocycles. The fraction of sp³-hybridized carbons (Fsp3) is 0.471. The van der Waals surface area contributed by atoms with Crippen LogP contribution in [0.2, 0.25) is 0 Å². The Balaban J connectivity index is 1.96. The highest BCUT2D eigenvalue weighted by Gasteiger charge is 2.34. The monoisotopic (exact) mass is 331 g/mol. The SMILES string of the molecule is CC(C)(C)OC(=O)N1CCCC1c1cc(C(=O)O)c2nccn2c1. The Hall–Kier alpha value is -2.57. The van der Waals surface area contributed by atoms with Crippen molar-refractivity contribution in [3.05, 3.63) is 35.8 Å². The summed E-state index contributed by atoms with van der Waals surface area (Å²) in [5.41, 5.74) is 0.743. The largest absolute Gasteiger partial charge is 0.478 e. The van der Waals surface area contributed by atoms with E-state index in [2.05, 4.69) is 4.98 Å². The van der Waals surface area contributed by atoms with Crippen molar-refractivity contribution in [3.63, 3.8) is 0 Å². The lowest BCUT2D eigenvalue weighted by atomic mass is 10.0. The highest BCUT2D eigenvalue weighted by atomic mass is 16.6. The second kappa shape index (κ2) is 5.81. The second-order valence-electron chi connectivity index (χ2n) is 6.98. The number of amides is 1. The van der Waals surface area contributed by atoms with Gasteiger partial charge in [-0.1, -0.05) is 0 Å². The smallest absolute Gasteiger partial charge is 0.410 e. The average molecular weight is 331 g/mol. The van der Waals surface area contributed by atoms with Crippen molar-refractivity contribution in [2.75, 3.05) is 6.54 Å². The van der Waals surface area contributed by atoms with Gasteiger partial charge in [-0.3, -0.25) is 0 Å². The highest BCUT2D eigenvalue weighted by Crippen LogP contribution is 2.34. The molecule has 128 valence electrons. The first-order valence-electron chi connectivity index (χ1n) is 7.96. The number of carboxylic acids is 1. The van der Waals surface area contributed by atoms with Crippen LogP contribution in [0, 0.1) is 0 Å². The molecule has 2 aromatic rings. The minimum atomic E-state index is -1.03. The molecule has 1 fully saturated rings. The molecule has 1 N–H and O–H groups in total. The number of likely N-dealkylation sites (tertiary alicyclic amines) is 1. The maximum Gasteiger partial charge on any atom is 0.410 e. The lowest BCUT2D eigenvalue weighted by Crippen LogP contribution is -2.36. The van der Waals surface area contributed by atoms with E-state index in [0.29, 0.717) is 12.2 Å². The number of hydrogen-bond donors (Lipinski definition) is 1. The molecule has 0 aromatic carbocycles. The summed E-state index contributed by atoms with van der Waals surface area (Å²) in [7, 11) is 0. The molecule has 1 aliphatic heterocycles.